The van der Waals surface area contributed by atoms with Crippen LogP contribution in [-0.4, -0.2) is 22.7 Å². The van der Waals surface area contributed by atoms with Gasteiger partial charge in [0.1, 0.15) is 0 Å². The monoisotopic (exact) mass is 417 g/mol. The highest BCUT2D eigenvalue weighted by Gasteiger charge is 2.08. The Hall–Kier alpha value is -1.51. The molecule has 0 atom stereocenters. The molecule has 22 heavy (non-hydrogen) atoms. The maximum atomic E-state index is 5.29. The quantitative estimate of drug-likeness (QED) is 0.446. The number of guanidine groups is 1. The lowest BCUT2D eigenvalue weighted by Crippen LogP contribution is -2.36. The molecule has 0 aliphatic rings. The smallest absolute Gasteiger partial charge is 0.191 e. The molecule has 0 unspecified atom stereocenters. The highest BCUT2D eigenvalue weighted by atomic mass is 127. The molecule has 2 rings (SSSR count). The fourth-order valence-electron chi connectivity index (χ4n) is 1.93. The van der Waals surface area contributed by atoms with Gasteiger partial charge >= 0.3 is 0 Å². The van der Waals surface area contributed by atoms with Crippen molar-refractivity contribution in [2.24, 2.45) is 12.0 Å². The first-order chi connectivity index (χ1) is 10.1. The van der Waals surface area contributed by atoms with Gasteiger partial charge in [0.2, 0.25) is 0 Å². The minimum Gasteiger partial charge on any atom is -0.359 e. The third-order valence-electron chi connectivity index (χ3n) is 3.18. The molecule has 0 amide bonds. The largest absolute Gasteiger partial charge is 0.359 e. The first kappa shape index (κ1) is 18.5. The minimum atomic E-state index is 0. The Bertz CT molecular complexity index is 603. The Kier molecular flexibility index (Phi) is 7.43. The second-order valence-electron chi connectivity index (χ2n) is 5.34. The van der Waals surface area contributed by atoms with E-state index in [0.717, 1.165) is 24.0 Å². The van der Waals surface area contributed by atoms with E-state index in [4.69, 9.17) is 4.52 Å². The van der Waals surface area contributed by atoms with Crippen LogP contribution in [-0.2, 0) is 20.1 Å². The molecule has 122 valence electrons. The normalized spacial score (nSPS) is 11.4. The van der Waals surface area contributed by atoms with Crippen LogP contribution in [0.25, 0.3) is 0 Å². The van der Waals surface area contributed by atoms with E-state index in [2.05, 4.69) is 46.9 Å². The molecule has 0 bridgehead atoms. The van der Waals surface area contributed by atoms with Crippen molar-refractivity contribution >= 4 is 29.9 Å². The predicted molar refractivity (Wildman–Crippen MR) is 98.5 cm³/mol. The molecule has 0 aromatic carbocycles. The average Bonchev–Trinajstić information content (AvgIpc) is 3.08. The molecule has 2 aromatic heterocycles. The lowest BCUT2D eigenvalue weighted by atomic mass is 10.1. The van der Waals surface area contributed by atoms with Crippen LogP contribution in [0.1, 0.15) is 36.8 Å². The van der Waals surface area contributed by atoms with E-state index < -0.39 is 0 Å². The number of hydrogen-bond donors (Lipinski definition) is 2. The number of rotatable bonds is 5. The molecular formula is C15H24IN5O. The van der Waals surface area contributed by atoms with Gasteiger partial charge in [-0.15, -0.1) is 24.0 Å². The topological polar surface area (TPSA) is 67.4 Å². The SMILES string of the molecule is CN=C(NCc1ccn(C)c1)NCc1cc(C(C)C)no1.I. The van der Waals surface area contributed by atoms with Gasteiger partial charge in [0.05, 0.1) is 12.2 Å². The maximum absolute atomic E-state index is 5.29. The Balaban J connectivity index is 0.00000242. The van der Waals surface area contributed by atoms with Gasteiger partial charge in [-0.1, -0.05) is 19.0 Å². The first-order valence-corrected chi connectivity index (χ1v) is 7.09. The number of aryl methyl sites for hydroxylation is 1. The summed E-state index contributed by atoms with van der Waals surface area (Å²) < 4.78 is 7.31. The van der Waals surface area contributed by atoms with Crippen molar-refractivity contribution in [2.75, 3.05) is 7.05 Å². The van der Waals surface area contributed by atoms with Crippen LogP contribution in [0.2, 0.25) is 0 Å². The van der Waals surface area contributed by atoms with Crippen molar-refractivity contribution in [3.05, 3.63) is 41.5 Å². The Morgan fingerprint density at radius 2 is 2.09 bits per heavy atom. The van der Waals surface area contributed by atoms with Gasteiger partial charge in [0.15, 0.2) is 11.7 Å². The van der Waals surface area contributed by atoms with Crippen molar-refractivity contribution in [3.63, 3.8) is 0 Å². The van der Waals surface area contributed by atoms with Crippen molar-refractivity contribution in [2.45, 2.75) is 32.9 Å². The number of nitrogens with one attached hydrogen (secondary N) is 2. The van der Waals surface area contributed by atoms with Crippen LogP contribution in [0.5, 0.6) is 0 Å². The summed E-state index contributed by atoms with van der Waals surface area (Å²) in [6.07, 6.45) is 4.10. The van der Waals surface area contributed by atoms with Crippen LogP contribution in [0.3, 0.4) is 0 Å². The van der Waals surface area contributed by atoms with Crippen LogP contribution in [0, 0.1) is 0 Å². The van der Waals surface area contributed by atoms with Crippen LogP contribution < -0.4 is 10.6 Å². The molecule has 7 heteroatoms. The van der Waals surface area contributed by atoms with E-state index in [1.54, 1.807) is 7.05 Å². The number of aromatic nitrogens is 2. The van der Waals surface area contributed by atoms with Gasteiger partial charge in [-0.2, -0.15) is 0 Å². The van der Waals surface area contributed by atoms with Crippen molar-refractivity contribution < 1.29 is 4.52 Å². The van der Waals surface area contributed by atoms with E-state index in [9.17, 15) is 0 Å². The third kappa shape index (κ3) is 5.36. The highest BCUT2D eigenvalue weighted by molar-refractivity contribution is 14.0. The lowest BCUT2D eigenvalue weighted by Gasteiger charge is -2.09. The third-order valence-corrected chi connectivity index (χ3v) is 3.18. The Morgan fingerprint density at radius 3 is 2.64 bits per heavy atom. The molecule has 0 saturated heterocycles. The second kappa shape index (κ2) is 8.82. The molecular weight excluding hydrogens is 393 g/mol. The molecule has 0 saturated carbocycles. The molecule has 2 N–H and O–H groups in total. The van der Waals surface area contributed by atoms with Crippen molar-refractivity contribution in [1.82, 2.24) is 20.4 Å². The number of aliphatic imine (C=N–C) groups is 1. The van der Waals surface area contributed by atoms with Crippen LogP contribution in [0.15, 0.2) is 34.0 Å². The van der Waals surface area contributed by atoms with Crippen molar-refractivity contribution in [3.8, 4) is 0 Å². The van der Waals surface area contributed by atoms with Gasteiger partial charge in [0, 0.05) is 39.1 Å². The minimum absolute atomic E-state index is 0. The fourth-order valence-corrected chi connectivity index (χ4v) is 1.93. The molecule has 0 radical (unpaired) electrons. The zero-order chi connectivity index (χ0) is 15.2. The summed E-state index contributed by atoms with van der Waals surface area (Å²) in [5.74, 6) is 1.92. The molecule has 0 aliphatic carbocycles. The summed E-state index contributed by atoms with van der Waals surface area (Å²) in [6.45, 7) is 5.48. The summed E-state index contributed by atoms with van der Waals surface area (Å²) in [6, 6.07) is 4.05. The zero-order valence-corrected chi connectivity index (χ0v) is 15.8. The van der Waals surface area contributed by atoms with Crippen molar-refractivity contribution in [1.29, 1.82) is 0 Å². The standard InChI is InChI=1S/C15H23N5O.HI/c1-11(2)14-7-13(21-19-14)9-18-15(16-3)17-8-12-5-6-20(4)10-12;/h5-7,10-11H,8-9H2,1-4H3,(H2,16,17,18);1H. The molecule has 0 spiro atoms. The van der Waals surface area contributed by atoms with Gasteiger partial charge < -0.3 is 19.7 Å². The van der Waals surface area contributed by atoms with E-state index in [0.29, 0.717) is 12.5 Å². The summed E-state index contributed by atoms with van der Waals surface area (Å²) in [5, 5.41) is 10.5. The molecule has 0 fully saturated rings. The number of halogens is 1. The Morgan fingerprint density at radius 1 is 1.36 bits per heavy atom. The molecule has 2 heterocycles. The van der Waals surface area contributed by atoms with E-state index in [-0.39, 0.29) is 24.0 Å². The second-order valence-corrected chi connectivity index (χ2v) is 5.34. The summed E-state index contributed by atoms with van der Waals surface area (Å²) >= 11 is 0. The first-order valence-electron chi connectivity index (χ1n) is 7.09. The lowest BCUT2D eigenvalue weighted by molar-refractivity contribution is 0.372. The van der Waals surface area contributed by atoms with E-state index in [1.807, 2.05) is 23.9 Å². The fraction of sp³-hybridized carbons (Fsp3) is 0.467. The summed E-state index contributed by atoms with van der Waals surface area (Å²) in [4.78, 5) is 4.19. The van der Waals surface area contributed by atoms with Gasteiger partial charge in [0.25, 0.3) is 0 Å². The molecule has 6 nitrogen and oxygen atoms in total. The molecule has 2 aromatic rings. The van der Waals surface area contributed by atoms with Crippen LogP contribution in [0.4, 0.5) is 0 Å². The summed E-state index contributed by atoms with van der Waals surface area (Å²) in [5.41, 5.74) is 2.18. The predicted octanol–water partition coefficient (Wildman–Crippen LogP) is 2.62. The number of nitrogens with zero attached hydrogens (tertiary/aromatic N) is 3. The van der Waals surface area contributed by atoms with Gasteiger partial charge in [-0.25, -0.2) is 0 Å². The average molecular weight is 417 g/mol. The maximum Gasteiger partial charge on any atom is 0.191 e. The van der Waals surface area contributed by atoms with E-state index in [1.165, 1.54) is 5.56 Å². The highest BCUT2D eigenvalue weighted by Crippen LogP contribution is 2.13. The van der Waals surface area contributed by atoms with Gasteiger partial charge in [-0.05, 0) is 17.5 Å². The Labute approximate surface area is 148 Å². The zero-order valence-electron chi connectivity index (χ0n) is 13.5. The molecule has 0 aliphatic heterocycles. The number of hydrogen-bond acceptors (Lipinski definition) is 3. The summed E-state index contributed by atoms with van der Waals surface area (Å²) in [7, 11) is 3.76. The van der Waals surface area contributed by atoms with E-state index >= 15 is 0 Å². The van der Waals surface area contributed by atoms with Crippen LogP contribution >= 0.6 is 24.0 Å². The van der Waals surface area contributed by atoms with Gasteiger partial charge in [-0.3, -0.25) is 4.99 Å².